The molecule has 116 valence electrons. The van der Waals surface area contributed by atoms with E-state index in [-0.39, 0.29) is 12.6 Å². The fourth-order valence-electron chi connectivity index (χ4n) is 2.56. The minimum absolute atomic E-state index is 0.000760. The minimum Gasteiger partial charge on any atom is -0.465 e. The van der Waals surface area contributed by atoms with Crippen LogP contribution in [0.3, 0.4) is 0 Å². The molecular weight excluding hydrogens is 304 g/mol. The summed E-state index contributed by atoms with van der Waals surface area (Å²) in [5.41, 5.74) is 1.61. The Morgan fingerprint density at radius 3 is 2.82 bits per heavy atom. The molecule has 0 N–H and O–H groups in total. The molecule has 2 aromatic rings. The molecule has 0 aliphatic heterocycles. The van der Waals surface area contributed by atoms with Gasteiger partial charge in [0.1, 0.15) is 28.6 Å². The Kier molecular flexibility index (Phi) is 4.02. The third-order valence-corrected chi connectivity index (χ3v) is 4.88. The van der Waals surface area contributed by atoms with Gasteiger partial charge in [-0.2, -0.15) is 0 Å². The van der Waals surface area contributed by atoms with E-state index >= 15 is 0 Å². The second kappa shape index (κ2) is 5.96. The van der Waals surface area contributed by atoms with E-state index in [2.05, 4.69) is 4.74 Å². The molecule has 0 radical (unpaired) electrons. The molecule has 2 aromatic heterocycles. The van der Waals surface area contributed by atoms with E-state index in [0.29, 0.717) is 22.0 Å². The van der Waals surface area contributed by atoms with E-state index in [0.717, 1.165) is 12.8 Å². The number of rotatable bonds is 4. The number of aryl methyl sites for hydroxylation is 3. The van der Waals surface area contributed by atoms with Crippen molar-refractivity contribution in [3.05, 3.63) is 44.5 Å². The maximum absolute atomic E-state index is 12.1. The monoisotopic (exact) mass is 320 g/mol. The zero-order valence-corrected chi connectivity index (χ0v) is 13.2. The van der Waals surface area contributed by atoms with E-state index in [1.807, 2.05) is 6.07 Å². The maximum Gasteiger partial charge on any atom is 0.348 e. The molecule has 0 spiro atoms. The maximum atomic E-state index is 12.1. The molecule has 1 aliphatic carbocycles. The summed E-state index contributed by atoms with van der Waals surface area (Å²) in [6.45, 7) is 1.67. The molecule has 2 heterocycles. The third-order valence-electron chi connectivity index (χ3n) is 3.67. The Bertz CT molecular complexity index is 703. The fraction of sp³-hybridized carbons (Fsp3) is 0.375. The average molecular weight is 320 g/mol. The van der Waals surface area contributed by atoms with Crippen LogP contribution in [-0.2, 0) is 28.9 Å². The number of methoxy groups -OCH3 is 1. The lowest BCUT2D eigenvalue weighted by Crippen LogP contribution is -2.03. The molecule has 0 saturated heterocycles. The fourth-order valence-corrected chi connectivity index (χ4v) is 3.71. The van der Waals surface area contributed by atoms with Gasteiger partial charge in [-0.1, -0.05) is 0 Å². The molecule has 0 aromatic carbocycles. The van der Waals surface area contributed by atoms with Crippen molar-refractivity contribution >= 4 is 23.3 Å². The highest BCUT2D eigenvalue weighted by molar-refractivity contribution is 7.14. The Morgan fingerprint density at radius 2 is 2.09 bits per heavy atom. The highest BCUT2D eigenvalue weighted by Crippen LogP contribution is 2.31. The first-order chi connectivity index (χ1) is 10.6. The quantitative estimate of drug-likeness (QED) is 0.809. The molecule has 0 bridgehead atoms. The molecule has 0 saturated carbocycles. The van der Waals surface area contributed by atoms with Crippen molar-refractivity contribution in [1.29, 1.82) is 0 Å². The van der Waals surface area contributed by atoms with E-state index in [1.54, 1.807) is 13.0 Å². The number of hydrogen-bond donors (Lipinski definition) is 0. The van der Waals surface area contributed by atoms with Gasteiger partial charge in [0.05, 0.1) is 7.11 Å². The van der Waals surface area contributed by atoms with Crippen molar-refractivity contribution in [2.24, 2.45) is 0 Å². The van der Waals surface area contributed by atoms with E-state index in [4.69, 9.17) is 9.15 Å². The number of hydrogen-bond acceptors (Lipinski definition) is 6. The Morgan fingerprint density at radius 1 is 1.27 bits per heavy atom. The molecule has 6 heteroatoms. The predicted molar refractivity (Wildman–Crippen MR) is 80.2 cm³/mol. The molecule has 3 rings (SSSR count). The smallest absolute Gasteiger partial charge is 0.348 e. The number of carbonyl (C=O) groups is 2. The number of furan rings is 1. The molecule has 0 unspecified atom stereocenters. The summed E-state index contributed by atoms with van der Waals surface area (Å²) in [6, 6.07) is 3.46. The van der Waals surface area contributed by atoms with Gasteiger partial charge in [0.2, 0.25) is 0 Å². The van der Waals surface area contributed by atoms with Gasteiger partial charge < -0.3 is 13.9 Å². The van der Waals surface area contributed by atoms with Crippen molar-refractivity contribution in [2.75, 3.05) is 7.11 Å². The largest absolute Gasteiger partial charge is 0.465 e. The normalized spacial score (nSPS) is 13.0. The van der Waals surface area contributed by atoms with Crippen LogP contribution in [0.25, 0.3) is 0 Å². The first kappa shape index (κ1) is 14.8. The lowest BCUT2D eigenvalue weighted by Gasteiger charge is -2.00. The van der Waals surface area contributed by atoms with Crippen LogP contribution in [0.5, 0.6) is 0 Å². The molecule has 22 heavy (non-hydrogen) atoms. The first-order valence-corrected chi connectivity index (χ1v) is 7.86. The van der Waals surface area contributed by atoms with Crippen LogP contribution in [-0.4, -0.2) is 19.0 Å². The van der Waals surface area contributed by atoms with Crippen LogP contribution in [0.1, 0.15) is 48.4 Å². The van der Waals surface area contributed by atoms with Crippen molar-refractivity contribution in [3.63, 3.8) is 0 Å². The van der Waals surface area contributed by atoms with Crippen LogP contribution in [0.4, 0.5) is 0 Å². The van der Waals surface area contributed by atoms with Crippen molar-refractivity contribution in [1.82, 2.24) is 0 Å². The standard InChI is InChI=1S/C16H16O5S/c1-9-12(15(17)19-2)7-11(21-9)8-20-16(18)14-6-10-4-3-5-13(10)22-14/h6-7H,3-5,8H2,1-2H3. The predicted octanol–water partition coefficient (Wildman–Crippen LogP) is 3.28. The van der Waals surface area contributed by atoms with Gasteiger partial charge in [-0.25, -0.2) is 9.59 Å². The van der Waals surface area contributed by atoms with Gasteiger partial charge in [-0.15, -0.1) is 11.3 Å². The first-order valence-electron chi connectivity index (χ1n) is 7.05. The highest BCUT2D eigenvalue weighted by atomic mass is 32.1. The van der Waals surface area contributed by atoms with Crippen LogP contribution in [0, 0.1) is 6.92 Å². The van der Waals surface area contributed by atoms with Crippen LogP contribution < -0.4 is 0 Å². The molecule has 0 fully saturated rings. The third kappa shape index (κ3) is 2.78. The van der Waals surface area contributed by atoms with Gasteiger partial charge >= 0.3 is 11.9 Å². The van der Waals surface area contributed by atoms with Gasteiger partial charge in [-0.05, 0) is 43.9 Å². The Hall–Kier alpha value is -2.08. The van der Waals surface area contributed by atoms with Crippen molar-refractivity contribution < 1.29 is 23.5 Å². The molecular formula is C16H16O5S. The summed E-state index contributed by atoms with van der Waals surface area (Å²) in [5, 5.41) is 0. The van der Waals surface area contributed by atoms with Crippen molar-refractivity contribution in [2.45, 2.75) is 32.8 Å². The molecule has 5 nitrogen and oxygen atoms in total. The van der Waals surface area contributed by atoms with E-state index in [9.17, 15) is 9.59 Å². The number of esters is 2. The summed E-state index contributed by atoms with van der Waals surface area (Å²) in [6.07, 6.45) is 3.25. The van der Waals surface area contributed by atoms with Crippen molar-refractivity contribution in [3.8, 4) is 0 Å². The second-order valence-corrected chi connectivity index (χ2v) is 6.30. The summed E-state index contributed by atoms with van der Waals surface area (Å²) in [4.78, 5) is 25.5. The Balaban J connectivity index is 1.64. The molecule has 0 atom stereocenters. The lowest BCUT2D eigenvalue weighted by molar-refractivity contribution is 0.0449. The SMILES string of the molecule is COC(=O)c1cc(COC(=O)c2cc3c(s2)CCC3)oc1C. The van der Waals surface area contributed by atoms with Gasteiger partial charge in [-0.3, -0.25) is 0 Å². The topological polar surface area (TPSA) is 65.7 Å². The number of thiophene rings is 1. The van der Waals surface area contributed by atoms with Gasteiger partial charge in [0, 0.05) is 4.88 Å². The number of ether oxygens (including phenoxy) is 2. The van der Waals surface area contributed by atoms with Crippen LogP contribution in [0.2, 0.25) is 0 Å². The average Bonchev–Trinajstić information content (AvgIpc) is 3.17. The lowest BCUT2D eigenvalue weighted by atomic mass is 10.2. The zero-order valence-electron chi connectivity index (χ0n) is 12.4. The summed E-state index contributed by atoms with van der Waals surface area (Å²) in [5.74, 6) is 0.0601. The van der Waals surface area contributed by atoms with E-state index in [1.165, 1.54) is 35.3 Å². The highest BCUT2D eigenvalue weighted by Gasteiger charge is 2.20. The van der Waals surface area contributed by atoms with Gasteiger partial charge in [0.25, 0.3) is 0 Å². The number of fused-ring (bicyclic) bond motifs is 1. The molecule has 1 aliphatic rings. The van der Waals surface area contributed by atoms with Crippen LogP contribution >= 0.6 is 11.3 Å². The van der Waals surface area contributed by atoms with Gasteiger partial charge in [0.15, 0.2) is 0 Å². The Labute approximate surface area is 131 Å². The second-order valence-electron chi connectivity index (χ2n) is 5.16. The molecule has 0 amide bonds. The number of carbonyl (C=O) groups excluding carboxylic acids is 2. The van der Waals surface area contributed by atoms with Crippen LogP contribution in [0.15, 0.2) is 16.5 Å². The minimum atomic E-state index is -0.464. The summed E-state index contributed by atoms with van der Waals surface area (Å²) < 4.78 is 15.3. The summed E-state index contributed by atoms with van der Waals surface area (Å²) in [7, 11) is 1.31. The van der Waals surface area contributed by atoms with E-state index < -0.39 is 5.97 Å². The zero-order chi connectivity index (χ0) is 15.7. The summed E-state index contributed by atoms with van der Waals surface area (Å²) >= 11 is 1.50.